The number of hydrogen-bond donors (Lipinski definition) is 3. The molecule has 124 valence electrons. The summed E-state index contributed by atoms with van der Waals surface area (Å²) in [4.78, 5) is 15.7. The van der Waals surface area contributed by atoms with Crippen molar-refractivity contribution in [1.29, 1.82) is 0 Å². The van der Waals surface area contributed by atoms with Crippen LogP contribution in [0.1, 0.15) is 31.0 Å². The average Bonchev–Trinajstić information content (AvgIpc) is 2.91. The quantitative estimate of drug-likeness (QED) is 0.315. The van der Waals surface area contributed by atoms with Crippen LogP contribution in [0, 0.1) is 0 Å². The van der Waals surface area contributed by atoms with Crippen molar-refractivity contribution < 1.29 is 14.7 Å². The van der Waals surface area contributed by atoms with Gasteiger partial charge in [0.1, 0.15) is 11.5 Å². The number of rotatable bonds is 7. The topological polar surface area (TPSA) is 87.9 Å². The molecule has 0 aliphatic heterocycles. The summed E-state index contributed by atoms with van der Waals surface area (Å²) in [5.41, 5.74) is 4.20. The van der Waals surface area contributed by atoms with Crippen molar-refractivity contribution >= 4 is 23.4 Å². The average molecular weight is 318 g/mol. The molecule has 0 saturated heterocycles. The highest BCUT2D eigenvalue weighted by atomic mass is 16.5. The van der Waals surface area contributed by atoms with E-state index in [0.29, 0.717) is 13.2 Å². The molecule has 0 bridgehead atoms. The number of ether oxygens (including phenoxy) is 1. The molecule has 2 aromatic heterocycles. The second-order valence-electron chi connectivity index (χ2n) is 5.42. The van der Waals surface area contributed by atoms with Crippen LogP contribution in [0.3, 0.4) is 0 Å². The van der Waals surface area contributed by atoms with Crippen molar-refractivity contribution in [1.82, 2.24) is 14.9 Å². The Morgan fingerprint density at radius 2 is 2.26 bits per heavy atom. The van der Waals surface area contributed by atoms with Crippen LogP contribution in [0.25, 0.3) is 11.7 Å². The van der Waals surface area contributed by atoms with Crippen LogP contribution in [0.4, 0.5) is 5.82 Å². The van der Waals surface area contributed by atoms with Crippen LogP contribution in [0.15, 0.2) is 24.4 Å². The fraction of sp³-hybridized carbons (Fsp3) is 0.375. The standard InChI is InChI=1S/C16H22N4O3/c1-11(2)15-16(17-8-9-23-3)20-10-12(4-6-13(20)18-15)5-7-14(21)19-22/h4-7,10-11,17,22H,8-9H2,1-3H3,(H,19,21). The first-order valence-corrected chi connectivity index (χ1v) is 7.43. The molecular weight excluding hydrogens is 296 g/mol. The highest BCUT2D eigenvalue weighted by Crippen LogP contribution is 2.25. The van der Waals surface area contributed by atoms with Crippen molar-refractivity contribution in [3.63, 3.8) is 0 Å². The Bertz CT molecular complexity index is 707. The van der Waals surface area contributed by atoms with Crippen LogP contribution < -0.4 is 10.8 Å². The lowest BCUT2D eigenvalue weighted by molar-refractivity contribution is -0.124. The number of methoxy groups -OCH3 is 1. The number of carbonyl (C=O) groups is 1. The molecule has 2 rings (SSSR count). The van der Waals surface area contributed by atoms with Crippen molar-refractivity contribution in [2.45, 2.75) is 19.8 Å². The third-order valence-corrected chi connectivity index (χ3v) is 3.35. The predicted molar refractivity (Wildman–Crippen MR) is 88.6 cm³/mol. The molecule has 23 heavy (non-hydrogen) atoms. The number of imidazole rings is 1. The molecule has 7 nitrogen and oxygen atoms in total. The number of aromatic nitrogens is 2. The summed E-state index contributed by atoms with van der Waals surface area (Å²) in [5, 5.41) is 11.9. The summed E-state index contributed by atoms with van der Waals surface area (Å²) in [7, 11) is 1.66. The zero-order chi connectivity index (χ0) is 16.8. The minimum absolute atomic E-state index is 0.277. The van der Waals surface area contributed by atoms with Gasteiger partial charge in [0, 0.05) is 25.9 Å². The van der Waals surface area contributed by atoms with Gasteiger partial charge in [0.25, 0.3) is 5.91 Å². The second kappa shape index (κ2) is 7.75. The summed E-state index contributed by atoms with van der Waals surface area (Å²) in [6, 6.07) is 3.76. The summed E-state index contributed by atoms with van der Waals surface area (Å²) in [6.45, 7) is 5.46. The zero-order valence-corrected chi connectivity index (χ0v) is 13.5. The van der Waals surface area contributed by atoms with Crippen LogP contribution >= 0.6 is 0 Å². The Morgan fingerprint density at radius 3 is 2.91 bits per heavy atom. The molecule has 7 heteroatoms. The third kappa shape index (κ3) is 4.08. The normalized spacial score (nSPS) is 11.5. The number of anilines is 1. The molecule has 0 fully saturated rings. The lowest BCUT2D eigenvalue weighted by atomic mass is 10.1. The maximum atomic E-state index is 11.1. The predicted octanol–water partition coefficient (Wildman–Crippen LogP) is 2.03. The molecule has 0 aliphatic rings. The number of fused-ring (bicyclic) bond motifs is 1. The number of pyridine rings is 1. The van der Waals surface area contributed by atoms with E-state index in [9.17, 15) is 4.79 Å². The number of carbonyl (C=O) groups excluding carboxylic acids is 1. The lowest BCUT2D eigenvalue weighted by Gasteiger charge is -2.10. The van der Waals surface area contributed by atoms with Gasteiger partial charge < -0.3 is 10.1 Å². The number of nitrogens with zero attached hydrogens (tertiary/aromatic N) is 2. The SMILES string of the molecule is COCCNc1c(C(C)C)nc2ccc(C=CC(=O)NO)cn12. The summed E-state index contributed by atoms with van der Waals surface area (Å²) < 4.78 is 7.04. The number of hydroxylamine groups is 1. The smallest absolute Gasteiger partial charge is 0.267 e. The van der Waals surface area contributed by atoms with Crippen LogP contribution in [0.5, 0.6) is 0 Å². The van der Waals surface area contributed by atoms with Gasteiger partial charge in [-0.05, 0) is 29.7 Å². The molecule has 0 aromatic carbocycles. The highest BCUT2D eigenvalue weighted by Gasteiger charge is 2.14. The number of hydrogen-bond acceptors (Lipinski definition) is 5. The van der Waals surface area contributed by atoms with E-state index in [0.717, 1.165) is 22.7 Å². The zero-order valence-electron chi connectivity index (χ0n) is 13.5. The van der Waals surface area contributed by atoms with Gasteiger partial charge in [0.05, 0.1) is 12.3 Å². The van der Waals surface area contributed by atoms with E-state index in [2.05, 4.69) is 24.1 Å². The first-order valence-electron chi connectivity index (χ1n) is 7.43. The molecular formula is C16H22N4O3. The Hall–Kier alpha value is -2.38. The number of nitrogens with one attached hydrogen (secondary N) is 2. The molecule has 3 N–H and O–H groups in total. The summed E-state index contributed by atoms with van der Waals surface area (Å²) in [6.07, 6.45) is 4.78. The van der Waals surface area contributed by atoms with Crippen LogP contribution in [0.2, 0.25) is 0 Å². The van der Waals surface area contributed by atoms with Gasteiger partial charge in [-0.2, -0.15) is 0 Å². The van der Waals surface area contributed by atoms with E-state index in [1.54, 1.807) is 18.7 Å². The Balaban J connectivity index is 2.39. The van der Waals surface area contributed by atoms with E-state index in [1.165, 1.54) is 6.08 Å². The molecule has 0 unspecified atom stereocenters. The lowest BCUT2D eigenvalue weighted by Crippen LogP contribution is -2.14. The van der Waals surface area contributed by atoms with Gasteiger partial charge in [-0.3, -0.25) is 14.4 Å². The van der Waals surface area contributed by atoms with E-state index in [1.807, 2.05) is 22.7 Å². The second-order valence-corrected chi connectivity index (χ2v) is 5.42. The Morgan fingerprint density at radius 1 is 1.48 bits per heavy atom. The third-order valence-electron chi connectivity index (χ3n) is 3.35. The van der Waals surface area contributed by atoms with Gasteiger partial charge in [-0.1, -0.05) is 13.8 Å². The molecule has 2 aromatic rings. The largest absolute Gasteiger partial charge is 0.383 e. The van der Waals surface area contributed by atoms with Gasteiger partial charge in [0.15, 0.2) is 0 Å². The monoisotopic (exact) mass is 318 g/mol. The van der Waals surface area contributed by atoms with Crippen molar-refractivity contribution in [3.8, 4) is 0 Å². The van der Waals surface area contributed by atoms with Crippen molar-refractivity contribution in [2.24, 2.45) is 0 Å². The highest BCUT2D eigenvalue weighted by molar-refractivity contribution is 5.90. The molecule has 0 aliphatic carbocycles. The van der Waals surface area contributed by atoms with Gasteiger partial charge in [-0.15, -0.1) is 0 Å². The number of amides is 1. The molecule has 1 amide bonds. The summed E-state index contributed by atoms with van der Waals surface area (Å²) in [5.74, 6) is 0.630. The van der Waals surface area contributed by atoms with E-state index in [-0.39, 0.29) is 5.92 Å². The summed E-state index contributed by atoms with van der Waals surface area (Å²) >= 11 is 0. The van der Waals surface area contributed by atoms with Crippen molar-refractivity contribution in [2.75, 3.05) is 25.6 Å². The maximum Gasteiger partial charge on any atom is 0.267 e. The van der Waals surface area contributed by atoms with E-state index >= 15 is 0 Å². The maximum absolute atomic E-state index is 11.1. The van der Waals surface area contributed by atoms with Crippen LogP contribution in [-0.4, -0.2) is 40.8 Å². The molecule has 0 atom stereocenters. The Labute approximate surface area is 134 Å². The molecule has 0 spiro atoms. The Kier molecular flexibility index (Phi) is 5.72. The van der Waals surface area contributed by atoms with Crippen molar-refractivity contribution in [3.05, 3.63) is 35.7 Å². The van der Waals surface area contributed by atoms with E-state index in [4.69, 9.17) is 9.94 Å². The van der Waals surface area contributed by atoms with Gasteiger partial charge in [0.2, 0.25) is 0 Å². The molecule has 0 saturated carbocycles. The fourth-order valence-corrected chi connectivity index (χ4v) is 2.24. The van der Waals surface area contributed by atoms with E-state index < -0.39 is 5.91 Å². The molecule has 0 radical (unpaired) electrons. The minimum atomic E-state index is -0.572. The minimum Gasteiger partial charge on any atom is -0.383 e. The fourth-order valence-electron chi connectivity index (χ4n) is 2.24. The molecule has 2 heterocycles. The van der Waals surface area contributed by atoms with Crippen LogP contribution in [-0.2, 0) is 9.53 Å². The van der Waals surface area contributed by atoms with Gasteiger partial charge in [-0.25, -0.2) is 10.5 Å². The first-order chi connectivity index (χ1) is 11.1. The first kappa shape index (κ1) is 17.0. The van der Waals surface area contributed by atoms with Gasteiger partial charge >= 0.3 is 0 Å².